The van der Waals surface area contributed by atoms with E-state index in [2.05, 4.69) is 4.74 Å². The van der Waals surface area contributed by atoms with E-state index in [1.54, 1.807) is 0 Å². The number of methoxy groups -OCH3 is 1. The summed E-state index contributed by atoms with van der Waals surface area (Å²) in [4.78, 5) is 22.0. The lowest BCUT2D eigenvalue weighted by molar-refractivity contribution is -0.138. The van der Waals surface area contributed by atoms with Gasteiger partial charge >= 0.3 is 18.1 Å². The van der Waals surface area contributed by atoms with Crippen LogP contribution < -0.4 is 0 Å². The van der Waals surface area contributed by atoms with E-state index in [0.29, 0.717) is 6.07 Å². The van der Waals surface area contributed by atoms with Crippen molar-refractivity contribution < 1.29 is 32.6 Å². The lowest BCUT2D eigenvalue weighted by Crippen LogP contribution is -2.15. The number of rotatable bonds is 2. The van der Waals surface area contributed by atoms with Crippen LogP contribution in [0.1, 0.15) is 59.5 Å². The molecule has 0 bridgehead atoms. The Morgan fingerprint density at radius 3 is 1.86 bits per heavy atom. The Morgan fingerprint density at radius 1 is 1.09 bits per heavy atom. The van der Waals surface area contributed by atoms with E-state index in [4.69, 9.17) is 5.11 Å². The topological polar surface area (TPSA) is 63.6 Å². The molecule has 0 unspecified atom stereocenters. The molecule has 0 radical (unpaired) electrons. The average Bonchev–Trinajstić information content (AvgIpc) is 2.49. The molecule has 0 atom stereocenters. The molecule has 0 fully saturated rings. The van der Waals surface area contributed by atoms with Gasteiger partial charge in [0.25, 0.3) is 0 Å². The first kappa shape index (κ1) is 22.2. The Hall–Kier alpha value is -2.05. The summed E-state index contributed by atoms with van der Waals surface area (Å²) in [5.41, 5.74) is -2.56. The molecule has 0 heterocycles. The maximum atomic E-state index is 12.7. The predicted molar refractivity (Wildman–Crippen MR) is 77.2 cm³/mol. The molecule has 22 heavy (non-hydrogen) atoms. The Balaban J connectivity index is 0. The van der Waals surface area contributed by atoms with Crippen molar-refractivity contribution in [3.63, 3.8) is 0 Å². The number of esters is 1. The minimum Gasteiger partial charge on any atom is -0.478 e. The number of hydrogen-bond donors (Lipinski definition) is 1. The summed E-state index contributed by atoms with van der Waals surface area (Å²) in [6.45, 7) is 9.08. The molecule has 0 aliphatic heterocycles. The number of ether oxygens (including phenoxy) is 1. The van der Waals surface area contributed by atoms with Gasteiger partial charge in [-0.05, 0) is 24.6 Å². The number of halogens is 3. The van der Waals surface area contributed by atoms with Gasteiger partial charge in [-0.25, -0.2) is 9.59 Å². The summed E-state index contributed by atoms with van der Waals surface area (Å²) >= 11 is 0. The number of benzene rings is 1. The summed E-state index contributed by atoms with van der Waals surface area (Å²) < 4.78 is 42.4. The number of carboxylic acids is 1. The van der Waals surface area contributed by atoms with Gasteiger partial charge in [-0.15, -0.1) is 0 Å². The number of carbonyl (C=O) groups excluding carboxylic acids is 1. The highest BCUT2D eigenvalue weighted by Crippen LogP contribution is 2.34. The Morgan fingerprint density at radius 2 is 1.55 bits per heavy atom. The standard InChI is InChI=1S/C11H9F3O4.2C2H6/c1-5-7(10(17)18-2)3-6(9(15)16)4-8(5)11(12,13)14;2*1-2/h3-4H,1-2H3,(H,15,16);2*1-2H3. The van der Waals surface area contributed by atoms with Crippen molar-refractivity contribution in [2.75, 3.05) is 7.11 Å². The van der Waals surface area contributed by atoms with E-state index < -0.39 is 34.8 Å². The lowest BCUT2D eigenvalue weighted by atomic mass is 9.98. The van der Waals surface area contributed by atoms with Crippen LogP contribution in [0.3, 0.4) is 0 Å². The first-order chi connectivity index (χ1) is 10.2. The van der Waals surface area contributed by atoms with Crippen LogP contribution in [0.25, 0.3) is 0 Å². The summed E-state index contributed by atoms with van der Waals surface area (Å²) in [5, 5.41) is 8.73. The van der Waals surface area contributed by atoms with Crippen LogP contribution in [0.5, 0.6) is 0 Å². The molecular weight excluding hydrogens is 301 g/mol. The second-order valence-corrected chi connectivity index (χ2v) is 3.49. The van der Waals surface area contributed by atoms with Gasteiger partial charge in [0.15, 0.2) is 0 Å². The Kier molecular flexibility index (Phi) is 9.91. The summed E-state index contributed by atoms with van der Waals surface area (Å²) in [6.07, 6.45) is -4.74. The van der Waals surface area contributed by atoms with Crippen LogP contribution in [0.15, 0.2) is 12.1 Å². The third-order valence-electron chi connectivity index (χ3n) is 2.37. The smallest absolute Gasteiger partial charge is 0.416 e. The SMILES string of the molecule is CC.CC.COC(=O)c1cc(C(=O)O)cc(C(F)(F)F)c1C. The molecule has 1 aromatic carbocycles. The molecule has 0 aliphatic rings. The summed E-state index contributed by atoms with van der Waals surface area (Å²) in [5.74, 6) is -2.56. The molecular formula is C15H21F3O4. The fourth-order valence-electron chi connectivity index (χ4n) is 1.45. The van der Waals surface area contributed by atoms with Gasteiger partial charge in [-0.3, -0.25) is 0 Å². The zero-order chi connectivity index (χ0) is 18.1. The molecule has 0 aromatic heterocycles. The first-order valence-corrected chi connectivity index (χ1v) is 6.72. The maximum absolute atomic E-state index is 12.7. The largest absolute Gasteiger partial charge is 0.478 e. The Labute approximate surface area is 127 Å². The van der Waals surface area contributed by atoms with Crippen molar-refractivity contribution in [1.29, 1.82) is 0 Å². The summed E-state index contributed by atoms with van der Waals surface area (Å²) in [7, 11) is 1.00. The fraction of sp³-hybridized carbons (Fsp3) is 0.467. The van der Waals surface area contributed by atoms with Gasteiger partial charge < -0.3 is 9.84 Å². The lowest BCUT2D eigenvalue weighted by Gasteiger charge is -2.14. The molecule has 0 amide bonds. The molecule has 0 spiro atoms. The van der Waals surface area contributed by atoms with Crippen molar-refractivity contribution in [3.8, 4) is 0 Å². The second-order valence-electron chi connectivity index (χ2n) is 3.49. The van der Waals surface area contributed by atoms with Crippen LogP contribution in [-0.2, 0) is 10.9 Å². The number of carbonyl (C=O) groups is 2. The molecule has 0 aliphatic carbocycles. The minimum absolute atomic E-state index is 0.362. The van der Waals surface area contributed by atoms with Gasteiger partial charge in [0.05, 0.1) is 23.8 Å². The highest BCUT2D eigenvalue weighted by atomic mass is 19.4. The third-order valence-corrected chi connectivity index (χ3v) is 2.37. The van der Waals surface area contributed by atoms with E-state index in [1.807, 2.05) is 27.7 Å². The first-order valence-electron chi connectivity index (χ1n) is 6.72. The van der Waals surface area contributed by atoms with Gasteiger partial charge in [0.2, 0.25) is 0 Å². The van der Waals surface area contributed by atoms with Crippen molar-refractivity contribution in [2.24, 2.45) is 0 Å². The van der Waals surface area contributed by atoms with Crippen LogP contribution in [-0.4, -0.2) is 24.2 Å². The number of hydrogen-bond acceptors (Lipinski definition) is 3. The zero-order valence-electron chi connectivity index (χ0n) is 13.5. The van der Waals surface area contributed by atoms with Gasteiger partial charge in [0.1, 0.15) is 0 Å². The third kappa shape index (κ3) is 5.75. The Bertz CT molecular complexity index is 508. The van der Waals surface area contributed by atoms with Crippen LogP contribution in [0.2, 0.25) is 0 Å². The number of alkyl halides is 3. The molecule has 1 N–H and O–H groups in total. The van der Waals surface area contributed by atoms with Crippen molar-refractivity contribution in [1.82, 2.24) is 0 Å². The monoisotopic (exact) mass is 322 g/mol. The zero-order valence-corrected chi connectivity index (χ0v) is 13.5. The molecule has 0 saturated heterocycles. The normalized spacial score (nSPS) is 9.68. The molecule has 0 saturated carbocycles. The molecule has 4 nitrogen and oxygen atoms in total. The van der Waals surface area contributed by atoms with Crippen LogP contribution in [0, 0.1) is 6.92 Å². The van der Waals surface area contributed by atoms with Crippen LogP contribution in [0.4, 0.5) is 13.2 Å². The van der Waals surface area contributed by atoms with E-state index >= 15 is 0 Å². The summed E-state index contributed by atoms with van der Waals surface area (Å²) in [6, 6.07) is 1.35. The number of aromatic carboxylic acids is 1. The molecule has 1 aromatic rings. The average molecular weight is 322 g/mol. The van der Waals surface area contributed by atoms with Gasteiger partial charge in [0, 0.05) is 0 Å². The molecule has 1 rings (SSSR count). The predicted octanol–water partition coefficient (Wildman–Crippen LogP) is 4.55. The van der Waals surface area contributed by atoms with E-state index in [9.17, 15) is 22.8 Å². The number of carboxylic acid groups (broad SMARTS) is 1. The maximum Gasteiger partial charge on any atom is 0.416 e. The van der Waals surface area contributed by atoms with Crippen LogP contribution >= 0.6 is 0 Å². The highest BCUT2D eigenvalue weighted by Gasteiger charge is 2.35. The molecule has 126 valence electrons. The van der Waals surface area contributed by atoms with E-state index in [1.165, 1.54) is 0 Å². The minimum atomic E-state index is -4.74. The van der Waals surface area contributed by atoms with Gasteiger partial charge in [-0.2, -0.15) is 13.2 Å². The van der Waals surface area contributed by atoms with Crippen molar-refractivity contribution >= 4 is 11.9 Å². The second kappa shape index (κ2) is 9.81. The fourth-order valence-corrected chi connectivity index (χ4v) is 1.45. The van der Waals surface area contributed by atoms with E-state index in [-0.39, 0.29) is 5.56 Å². The molecule has 7 heteroatoms. The van der Waals surface area contributed by atoms with Crippen molar-refractivity contribution in [3.05, 3.63) is 34.4 Å². The quantitative estimate of drug-likeness (QED) is 0.811. The van der Waals surface area contributed by atoms with Gasteiger partial charge in [-0.1, -0.05) is 27.7 Å². The van der Waals surface area contributed by atoms with Crippen molar-refractivity contribution in [2.45, 2.75) is 40.8 Å². The highest BCUT2D eigenvalue weighted by molar-refractivity contribution is 5.96. The van der Waals surface area contributed by atoms with E-state index in [0.717, 1.165) is 20.1 Å².